The molecule has 134 valence electrons. The molecular weight excluding hydrogens is 380 g/mol. The molecular formula is C16H23BrN2O5. The maximum atomic E-state index is 9.10. The summed E-state index contributed by atoms with van der Waals surface area (Å²) in [6, 6.07) is 8.01. The largest absolute Gasteiger partial charge is 0.492 e. The Hall–Kier alpha value is -1.64. The average molecular weight is 403 g/mol. The van der Waals surface area contributed by atoms with Crippen molar-refractivity contribution in [2.24, 2.45) is 0 Å². The van der Waals surface area contributed by atoms with Crippen LogP contribution in [0.15, 0.2) is 28.7 Å². The molecule has 3 N–H and O–H groups in total. The Morgan fingerprint density at radius 2 is 1.75 bits per heavy atom. The van der Waals surface area contributed by atoms with E-state index in [9.17, 15) is 0 Å². The predicted molar refractivity (Wildman–Crippen MR) is 93.5 cm³/mol. The van der Waals surface area contributed by atoms with E-state index in [1.54, 1.807) is 0 Å². The number of halogens is 1. The van der Waals surface area contributed by atoms with Gasteiger partial charge in [-0.05, 0) is 47.4 Å². The minimum atomic E-state index is -1.82. The van der Waals surface area contributed by atoms with E-state index in [1.165, 1.54) is 26.1 Å². The maximum absolute atomic E-state index is 9.10. The summed E-state index contributed by atoms with van der Waals surface area (Å²) in [4.78, 5) is 20.7. The molecule has 0 aliphatic carbocycles. The van der Waals surface area contributed by atoms with Crippen molar-refractivity contribution in [3.63, 3.8) is 0 Å². The molecule has 0 aromatic heterocycles. The standard InChI is InChI=1S/C14H21BrN2O.C2H2O4/c15-13-5-1-2-6-14(13)18-12-4-3-9-17-10-7-16-8-11-17;3-1(4)2(5)6/h1-2,5-6,16H,3-4,7-12H2;(H,3,4)(H,5,6). The van der Waals surface area contributed by atoms with Gasteiger partial charge in [0.1, 0.15) is 5.75 Å². The van der Waals surface area contributed by atoms with E-state index in [2.05, 4.69) is 26.1 Å². The van der Waals surface area contributed by atoms with Crippen LogP contribution in [0.2, 0.25) is 0 Å². The highest BCUT2D eigenvalue weighted by molar-refractivity contribution is 9.10. The fourth-order valence-electron chi connectivity index (χ4n) is 2.12. The first kappa shape index (κ1) is 20.4. The van der Waals surface area contributed by atoms with Crippen molar-refractivity contribution < 1.29 is 24.5 Å². The van der Waals surface area contributed by atoms with Gasteiger partial charge in [0.2, 0.25) is 0 Å². The SMILES string of the molecule is Brc1ccccc1OCCCCN1CCNCC1.O=C(O)C(=O)O. The van der Waals surface area contributed by atoms with Crippen LogP contribution in [0, 0.1) is 0 Å². The molecule has 1 heterocycles. The van der Waals surface area contributed by atoms with E-state index >= 15 is 0 Å². The Morgan fingerprint density at radius 3 is 2.33 bits per heavy atom. The number of aliphatic carboxylic acids is 2. The van der Waals surface area contributed by atoms with Crippen molar-refractivity contribution in [2.45, 2.75) is 12.8 Å². The lowest BCUT2D eigenvalue weighted by Gasteiger charge is -2.27. The van der Waals surface area contributed by atoms with Crippen molar-refractivity contribution in [3.05, 3.63) is 28.7 Å². The van der Waals surface area contributed by atoms with E-state index < -0.39 is 11.9 Å². The van der Waals surface area contributed by atoms with Crippen LogP contribution in [0.4, 0.5) is 0 Å². The summed E-state index contributed by atoms with van der Waals surface area (Å²) in [7, 11) is 0. The van der Waals surface area contributed by atoms with E-state index in [1.807, 2.05) is 24.3 Å². The molecule has 0 unspecified atom stereocenters. The number of hydrogen-bond acceptors (Lipinski definition) is 5. The van der Waals surface area contributed by atoms with Gasteiger partial charge in [-0.2, -0.15) is 0 Å². The Kier molecular flexibility index (Phi) is 10.1. The average Bonchev–Trinajstić information content (AvgIpc) is 2.57. The number of ether oxygens (including phenoxy) is 1. The minimum Gasteiger partial charge on any atom is -0.492 e. The number of carboxylic acid groups (broad SMARTS) is 2. The number of unbranched alkanes of at least 4 members (excludes halogenated alkanes) is 1. The van der Waals surface area contributed by atoms with Crippen molar-refractivity contribution in [1.29, 1.82) is 0 Å². The summed E-state index contributed by atoms with van der Waals surface area (Å²) in [5.74, 6) is -2.70. The van der Waals surface area contributed by atoms with E-state index in [-0.39, 0.29) is 0 Å². The van der Waals surface area contributed by atoms with Crippen LogP contribution in [0.3, 0.4) is 0 Å². The number of benzene rings is 1. The number of nitrogens with zero attached hydrogens (tertiary/aromatic N) is 1. The van der Waals surface area contributed by atoms with Gasteiger partial charge in [-0.15, -0.1) is 0 Å². The second-order valence-electron chi connectivity index (χ2n) is 5.19. The first-order chi connectivity index (χ1) is 11.5. The second-order valence-corrected chi connectivity index (χ2v) is 6.04. The van der Waals surface area contributed by atoms with Crippen LogP contribution in [-0.4, -0.2) is 66.4 Å². The molecule has 7 nitrogen and oxygen atoms in total. The Balaban J connectivity index is 0.000000413. The third-order valence-electron chi connectivity index (χ3n) is 3.36. The van der Waals surface area contributed by atoms with Gasteiger partial charge in [0, 0.05) is 26.2 Å². The summed E-state index contributed by atoms with van der Waals surface area (Å²) in [5.41, 5.74) is 0. The zero-order valence-electron chi connectivity index (χ0n) is 13.4. The van der Waals surface area contributed by atoms with Crippen molar-refractivity contribution >= 4 is 27.9 Å². The molecule has 0 spiro atoms. The molecule has 1 aliphatic heterocycles. The van der Waals surface area contributed by atoms with Gasteiger partial charge in [-0.3, -0.25) is 0 Å². The normalized spacial score (nSPS) is 14.4. The highest BCUT2D eigenvalue weighted by atomic mass is 79.9. The third kappa shape index (κ3) is 8.85. The van der Waals surface area contributed by atoms with Gasteiger partial charge < -0.3 is 25.2 Å². The molecule has 0 amide bonds. The van der Waals surface area contributed by atoms with Crippen LogP contribution in [-0.2, 0) is 9.59 Å². The third-order valence-corrected chi connectivity index (χ3v) is 4.01. The lowest BCUT2D eigenvalue weighted by atomic mass is 10.2. The lowest BCUT2D eigenvalue weighted by Crippen LogP contribution is -2.43. The Morgan fingerprint density at radius 1 is 1.12 bits per heavy atom. The molecule has 1 aromatic rings. The molecule has 1 saturated heterocycles. The smallest absolute Gasteiger partial charge is 0.414 e. The van der Waals surface area contributed by atoms with Crippen LogP contribution >= 0.6 is 15.9 Å². The summed E-state index contributed by atoms with van der Waals surface area (Å²) in [5, 5.41) is 18.2. The zero-order valence-corrected chi connectivity index (χ0v) is 15.0. The number of nitrogens with one attached hydrogen (secondary N) is 1. The number of rotatable bonds is 6. The predicted octanol–water partition coefficient (Wildman–Crippen LogP) is 1.67. The molecule has 24 heavy (non-hydrogen) atoms. The lowest BCUT2D eigenvalue weighted by molar-refractivity contribution is -0.159. The van der Waals surface area contributed by atoms with Crippen LogP contribution in [0.1, 0.15) is 12.8 Å². The molecule has 1 aromatic carbocycles. The molecule has 0 saturated carbocycles. The zero-order chi connectivity index (χ0) is 17.8. The van der Waals surface area contributed by atoms with Crippen molar-refractivity contribution in [3.8, 4) is 5.75 Å². The van der Waals surface area contributed by atoms with Gasteiger partial charge in [0.15, 0.2) is 0 Å². The first-order valence-electron chi connectivity index (χ1n) is 7.77. The molecule has 0 atom stereocenters. The first-order valence-corrected chi connectivity index (χ1v) is 8.56. The monoisotopic (exact) mass is 402 g/mol. The number of carboxylic acids is 2. The molecule has 2 rings (SSSR count). The van der Waals surface area contributed by atoms with Crippen molar-refractivity contribution in [1.82, 2.24) is 10.2 Å². The quantitative estimate of drug-likeness (QED) is 0.491. The topological polar surface area (TPSA) is 99.1 Å². The van der Waals surface area contributed by atoms with E-state index in [4.69, 9.17) is 24.5 Å². The Bertz CT molecular complexity index is 509. The van der Waals surface area contributed by atoms with Gasteiger partial charge >= 0.3 is 11.9 Å². The van der Waals surface area contributed by atoms with Gasteiger partial charge in [-0.1, -0.05) is 12.1 Å². The summed E-state index contributed by atoms with van der Waals surface area (Å²) >= 11 is 3.49. The fraction of sp³-hybridized carbons (Fsp3) is 0.500. The van der Waals surface area contributed by atoms with E-state index in [0.29, 0.717) is 0 Å². The fourth-order valence-corrected chi connectivity index (χ4v) is 2.52. The van der Waals surface area contributed by atoms with Crippen LogP contribution in [0.25, 0.3) is 0 Å². The summed E-state index contributed by atoms with van der Waals surface area (Å²) < 4.78 is 6.78. The summed E-state index contributed by atoms with van der Waals surface area (Å²) in [6.07, 6.45) is 2.33. The molecule has 8 heteroatoms. The second kappa shape index (κ2) is 11.8. The number of para-hydroxylation sites is 1. The number of carbonyl (C=O) groups is 2. The maximum Gasteiger partial charge on any atom is 0.414 e. The Labute approximate surface area is 149 Å². The van der Waals surface area contributed by atoms with Gasteiger partial charge in [-0.25, -0.2) is 9.59 Å². The number of hydrogen-bond donors (Lipinski definition) is 3. The molecule has 0 radical (unpaired) electrons. The van der Waals surface area contributed by atoms with Gasteiger partial charge in [0.25, 0.3) is 0 Å². The molecule has 1 fully saturated rings. The molecule has 1 aliphatic rings. The minimum absolute atomic E-state index is 0.800. The van der Waals surface area contributed by atoms with Crippen LogP contribution in [0.5, 0.6) is 5.75 Å². The highest BCUT2D eigenvalue weighted by Gasteiger charge is 2.08. The van der Waals surface area contributed by atoms with E-state index in [0.717, 1.165) is 36.3 Å². The highest BCUT2D eigenvalue weighted by Crippen LogP contribution is 2.23. The molecule has 0 bridgehead atoms. The van der Waals surface area contributed by atoms with Crippen LogP contribution < -0.4 is 10.1 Å². The summed E-state index contributed by atoms with van der Waals surface area (Å²) in [6.45, 7) is 6.63. The number of piperazine rings is 1. The van der Waals surface area contributed by atoms with Crippen molar-refractivity contribution in [2.75, 3.05) is 39.3 Å². The van der Waals surface area contributed by atoms with Gasteiger partial charge in [0.05, 0.1) is 11.1 Å².